The number of benzene rings is 1. The van der Waals surface area contributed by atoms with Gasteiger partial charge in [0.05, 0.1) is 17.4 Å². The minimum atomic E-state index is -0.399. The fraction of sp³-hybridized carbons (Fsp3) is 0.333. The summed E-state index contributed by atoms with van der Waals surface area (Å²) < 4.78 is 0. The van der Waals surface area contributed by atoms with Crippen molar-refractivity contribution in [3.05, 3.63) is 54.4 Å². The number of phenolic OH excluding ortho intramolecular Hbond substituents is 1. The largest absolute Gasteiger partial charge is 0.508 e. The molecule has 0 radical (unpaired) electrons. The summed E-state index contributed by atoms with van der Waals surface area (Å²) in [7, 11) is 0. The zero-order chi connectivity index (χ0) is 22.1. The number of aromatic nitrogens is 3. The molecule has 3 heterocycles. The van der Waals surface area contributed by atoms with Crippen LogP contribution in [-0.2, 0) is 0 Å². The molecule has 2 aliphatic rings. The molecule has 1 aliphatic carbocycles. The Hall–Kier alpha value is -3.52. The Morgan fingerprint density at radius 1 is 1.09 bits per heavy atom. The number of rotatable bonds is 6. The van der Waals surface area contributed by atoms with Crippen molar-refractivity contribution in [2.75, 3.05) is 23.3 Å². The molecule has 3 N–H and O–H groups in total. The van der Waals surface area contributed by atoms with Gasteiger partial charge in [-0.1, -0.05) is 12.1 Å². The molecule has 1 saturated carbocycles. The van der Waals surface area contributed by atoms with Crippen molar-refractivity contribution in [1.82, 2.24) is 15.0 Å². The van der Waals surface area contributed by atoms with Crippen LogP contribution in [0.1, 0.15) is 36.0 Å². The average Bonchev–Trinajstić information content (AvgIpc) is 3.64. The quantitative estimate of drug-likeness (QED) is 0.508. The van der Waals surface area contributed by atoms with E-state index >= 15 is 0 Å². The Balaban J connectivity index is 1.44. The number of nitrogens with one attached hydrogen (secondary N) is 1. The van der Waals surface area contributed by atoms with Gasteiger partial charge in [0.1, 0.15) is 17.4 Å². The Kier molecular flexibility index (Phi) is 5.45. The number of hydrogen-bond acceptors (Lipinski definition) is 8. The summed E-state index contributed by atoms with van der Waals surface area (Å²) in [5.74, 6) is 1.97. The third-order valence-electron chi connectivity index (χ3n) is 5.85. The number of β-amino-alcohol motifs (C(OH)–C–C–N with tert-alkyl or cyclic N) is 1. The second-order valence-corrected chi connectivity index (χ2v) is 8.41. The van der Waals surface area contributed by atoms with Crippen molar-refractivity contribution in [2.24, 2.45) is 5.92 Å². The zero-order valence-corrected chi connectivity index (χ0v) is 17.6. The summed E-state index contributed by atoms with van der Waals surface area (Å²) in [5.41, 5.74) is 2.13. The molecule has 0 amide bonds. The van der Waals surface area contributed by atoms with E-state index in [1.807, 2.05) is 12.1 Å². The highest BCUT2D eigenvalue weighted by Crippen LogP contribution is 2.37. The lowest BCUT2D eigenvalue weighted by Gasteiger charge is -2.33. The lowest BCUT2D eigenvalue weighted by molar-refractivity contribution is 0.0967. The monoisotopic (exact) mass is 431 g/mol. The molecule has 1 saturated heterocycles. The number of aliphatic hydroxyl groups excluding tert-OH is 1. The van der Waals surface area contributed by atoms with Gasteiger partial charge in [0, 0.05) is 43.0 Å². The summed E-state index contributed by atoms with van der Waals surface area (Å²) in [6.07, 6.45) is 6.39. The van der Waals surface area contributed by atoms with Crippen molar-refractivity contribution in [1.29, 1.82) is 0 Å². The first kappa shape index (κ1) is 20.4. The van der Waals surface area contributed by atoms with Gasteiger partial charge in [-0.2, -0.15) is 0 Å². The van der Waals surface area contributed by atoms with Crippen LogP contribution < -0.4 is 10.2 Å². The number of ketones is 1. The maximum Gasteiger partial charge on any atom is 0.169 e. The van der Waals surface area contributed by atoms with E-state index in [9.17, 15) is 15.0 Å². The standard InChI is InChI=1S/C24H25N5O3/c30-17-4-1-3-16(11-17)24-25-9-8-21(28-24)27-22-12-20(29-10-2-5-18(31)14-29)19(13-26-22)23(32)15-6-7-15/h1,3-4,8-9,11-13,15,18,30-31H,2,5-7,10,14H2,(H,25,26,27,28)/t18-/m0/s1. The first-order chi connectivity index (χ1) is 15.6. The highest BCUT2D eigenvalue weighted by atomic mass is 16.3. The minimum Gasteiger partial charge on any atom is -0.508 e. The van der Waals surface area contributed by atoms with E-state index in [1.165, 1.54) is 0 Å². The predicted molar refractivity (Wildman–Crippen MR) is 121 cm³/mol. The summed E-state index contributed by atoms with van der Waals surface area (Å²) in [5, 5.41) is 23.1. The van der Waals surface area contributed by atoms with Crippen LogP contribution in [0.4, 0.5) is 17.3 Å². The van der Waals surface area contributed by atoms with Crippen LogP contribution in [-0.4, -0.2) is 50.1 Å². The predicted octanol–water partition coefficient (Wildman–Crippen LogP) is 3.54. The zero-order valence-electron chi connectivity index (χ0n) is 17.6. The van der Waals surface area contributed by atoms with E-state index in [2.05, 4.69) is 25.2 Å². The van der Waals surface area contributed by atoms with Gasteiger partial charge in [-0.3, -0.25) is 4.79 Å². The van der Waals surface area contributed by atoms with E-state index in [1.54, 1.807) is 36.7 Å². The van der Waals surface area contributed by atoms with Crippen LogP contribution in [0.2, 0.25) is 0 Å². The van der Waals surface area contributed by atoms with Crippen LogP contribution in [0.15, 0.2) is 48.8 Å². The van der Waals surface area contributed by atoms with Crippen LogP contribution in [0.25, 0.3) is 11.4 Å². The molecular weight excluding hydrogens is 406 g/mol. The molecule has 0 bridgehead atoms. The Bertz CT molecular complexity index is 1150. The molecule has 1 aliphatic heterocycles. The number of anilines is 3. The lowest BCUT2D eigenvalue weighted by atomic mass is 10.0. The molecule has 1 atom stereocenters. The summed E-state index contributed by atoms with van der Waals surface area (Å²) >= 11 is 0. The van der Waals surface area contributed by atoms with E-state index in [-0.39, 0.29) is 17.5 Å². The highest BCUT2D eigenvalue weighted by Gasteiger charge is 2.33. The minimum absolute atomic E-state index is 0.0933. The summed E-state index contributed by atoms with van der Waals surface area (Å²) in [6, 6.07) is 10.4. The number of hydrogen-bond donors (Lipinski definition) is 3. The number of carbonyl (C=O) groups is 1. The maximum absolute atomic E-state index is 12.9. The normalized spacial score (nSPS) is 18.4. The van der Waals surface area contributed by atoms with E-state index in [4.69, 9.17) is 0 Å². The Labute approximate surface area is 186 Å². The molecule has 2 aromatic heterocycles. The Morgan fingerprint density at radius 2 is 1.97 bits per heavy atom. The molecule has 1 aromatic carbocycles. The number of Topliss-reactive ketones (excluding diaryl/α,β-unsaturated/α-hetero) is 1. The maximum atomic E-state index is 12.9. The summed E-state index contributed by atoms with van der Waals surface area (Å²) in [4.78, 5) is 28.2. The van der Waals surface area contributed by atoms with Gasteiger partial charge >= 0.3 is 0 Å². The number of pyridine rings is 1. The van der Waals surface area contributed by atoms with Gasteiger partial charge in [0.15, 0.2) is 11.6 Å². The number of carbonyl (C=O) groups excluding carboxylic acids is 1. The highest BCUT2D eigenvalue weighted by molar-refractivity contribution is 6.04. The molecule has 2 fully saturated rings. The number of piperidine rings is 1. The molecular formula is C24H25N5O3. The third kappa shape index (κ3) is 4.40. The SMILES string of the molecule is O=C(c1cnc(Nc2ccnc(-c3cccc(O)c3)n2)cc1N1CCC[C@H](O)C1)C1CC1. The number of nitrogens with zero attached hydrogens (tertiary/aromatic N) is 4. The third-order valence-corrected chi connectivity index (χ3v) is 5.85. The molecule has 0 spiro atoms. The van der Waals surface area contributed by atoms with Crippen molar-refractivity contribution in [2.45, 2.75) is 31.8 Å². The van der Waals surface area contributed by atoms with E-state index in [0.29, 0.717) is 35.1 Å². The van der Waals surface area contributed by atoms with Crippen LogP contribution in [0, 0.1) is 5.92 Å². The summed E-state index contributed by atoms with van der Waals surface area (Å²) in [6.45, 7) is 1.30. The second-order valence-electron chi connectivity index (χ2n) is 8.41. The van der Waals surface area contributed by atoms with Crippen molar-refractivity contribution in [3.63, 3.8) is 0 Å². The first-order valence-corrected chi connectivity index (χ1v) is 10.9. The van der Waals surface area contributed by atoms with Crippen molar-refractivity contribution in [3.8, 4) is 17.1 Å². The molecule has 5 rings (SSSR count). The van der Waals surface area contributed by atoms with Crippen molar-refractivity contribution < 1.29 is 15.0 Å². The number of aromatic hydroxyl groups is 1. The molecule has 32 heavy (non-hydrogen) atoms. The lowest BCUT2D eigenvalue weighted by Crippen LogP contribution is -2.39. The molecule has 8 nitrogen and oxygen atoms in total. The van der Waals surface area contributed by atoms with Crippen molar-refractivity contribution >= 4 is 23.1 Å². The molecule has 164 valence electrons. The second kappa shape index (κ2) is 8.55. The Morgan fingerprint density at radius 3 is 2.75 bits per heavy atom. The van der Waals surface area contributed by atoms with E-state index < -0.39 is 6.10 Å². The molecule has 8 heteroatoms. The van der Waals surface area contributed by atoms with Crippen LogP contribution in [0.5, 0.6) is 5.75 Å². The number of phenols is 1. The molecule has 3 aromatic rings. The van der Waals surface area contributed by atoms with Gasteiger partial charge in [0.25, 0.3) is 0 Å². The van der Waals surface area contributed by atoms with Gasteiger partial charge in [0.2, 0.25) is 0 Å². The van der Waals surface area contributed by atoms with E-state index in [0.717, 1.165) is 37.9 Å². The van der Waals surface area contributed by atoms with Gasteiger partial charge in [-0.05, 0) is 43.9 Å². The fourth-order valence-corrected chi connectivity index (χ4v) is 4.05. The molecule has 0 unspecified atom stereocenters. The average molecular weight is 431 g/mol. The smallest absolute Gasteiger partial charge is 0.169 e. The number of aliphatic hydroxyl groups is 1. The topological polar surface area (TPSA) is 111 Å². The van der Waals surface area contributed by atoms with Gasteiger partial charge in [-0.15, -0.1) is 0 Å². The van der Waals surface area contributed by atoms with Gasteiger partial charge < -0.3 is 20.4 Å². The fourth-order valence-electron chi connectivity index (χ4n) is 4.05. The van der Waals surface area contributed by atoms with Gasteiger partial charge in [-0.25, -0.2) is 15.0 Å². The first-order valence-electron chi connectivity index (χ1n) is 10.9. The van der Waals surface area contributed by atoms with Crippen LogP contribution >= 0.6 is 0 Å². The van der Waals surface area contributed by atoms with Crippen LogP contribution in [0.3, 0.4) is 0 Å².